The molecule has 0 saturated carbocycles. The van der Waals surface area contributed by atoms with Gasteiger partial charge in [-0.25, -0.2) is 0 Å². The number of carbonyl (C=O) groups is 1. The van der Waals surface area contributed by atoms with Gasteiger partial charge in [0.2, 0.25) is 0 Å². The first kappa shape index (κ1) is 21.1. The minimum absolute atomic E-state index is 0.0641. The van der Waals surface area contributed by atoms with Gasteiger partial charge in [-0.2, -0.15) is 0 Å². The maximum atomic E-state index is 12.0. The fraction of sp³-hybridized carbons (Fsp3) is 0.381. The topological polar surface area (TPSA) is 59.6 Å². The van der Waals surface area contributed by atoms with Gasteiger partial charge < -0.3 is 20.1 Å². The van der Waals surface area contributed by atoms with Gasteiger partial charge in [0.1, 0.15) is 0 Å². The van der Waals surface area contributed by atoms with Crippen molar-refractivity contribution in [3.8, 4) is 11.5 Å². The quantitative estimate of drug-likeness (QED) is 0.628. The molecule has 0 bridgehead atoms. The molecule has 0 heterocycles. The van der Waals surface area contributed by atoms with Gasteiger partial charge in [-0.3, -0.25) is 4.79 Å². The highest BCUT2D eigenvalue weighted by Crippen LogP contribution is 2.34. The number of para-hydroxylation sites is 1. The monoisotopic (exact) mass is 434 g/mol. The zero-order valence-electron chi connectivity index (χ0n) is 16.3. The SMILES string of the molecule is CCOc1cc(CNc2ccccc2)c(Br)cc1OCC(=O)NC(C)(C)C. The van der Waals surface area contributed by atoms with Crippen LogP contribution in [0.15, 0.2) is 46.9 Å². The van der Waals surface area contributed by atoms with E-state index in [1.54, 1.807) is 0 Å². The molecule has 6 heteroatoms. The third-order valence-corrected chi connectivity index (χ3v) is 4.28. The molecular weight excluding hydrogens is 408 g/mol. The van der Waals surface area contributed by atoms with Crippen LogP contribution in [0.5, 0.6) is 11.5 Å². The van der Waals surface area contributed by atoms with Crippen LogP contribution >= 0.6 is 15.9 Å². The van der Waals surface area contributed by atoms with Crippen molar-refractivity contribution in [1.29, 1.82) is 0 Å². The van der Waals surface area contributed by atoms with Gasteiger partial charge in [-0.05, 0) is 57.5 Å². The van der Waals surface area contributed by atoms with Crippen LogP contribution in [0, 0.1) is 0 Å². The minimum atomic E-state index is -0.295. The Bertz CT molecular complexity index is 758. The van der Waals surface area contributed by atoms with Crippen LogP contribution < -0.4 is 20.1 Å². The molecule has 0 aromatic heterocycles. The molecule has 0 atom stereocenters. The molecule has 0 saturated heterocycles. The molecule has 2 N–H and O–H groups in total. The fourth-order valence-electron chi connectivity index (χ4n) is 2.44. The maximum Gasteiger partial charge on any atom is 0.258 e. The Morgan fingerprint density at radius 3 is 2.37 bits per heavy atom. The lowest BCUT2D eigenvalue weighted by atomic mass is 10.1. The molecule has 0 unspecified atom stereocenters. The highest BCUT2D eigenvalue weighted by molar-refractivity contribution is 9.10. The number of hydrogen-bond donors (Lipinski definition) is 2. The number of hydrogen-bond acceptors (Lipinski definition) is 4. The Kier molecular flexibility index (Phi) is 7.54. The third kappa shape index (κ3) is 7.13. The number of ether oxygens (including phenoxy) is 2. The van der Waals surface area contributed by atoms with Gasteiger partial charge in [0, 0.05) is 22.2 Å². The second kappa shape index (κ2) is 9.65. The number of anilines is 1. The lowest BCUT2D eigenvalue weighted by Crippen LogP contribution is -2.43. The predicted octanol–water partition coefficient (Wildman–Crippen LogP) is 4.75. The number of halogens is 1. The average Bonchev–Trinajstić information content (AvgIpc) is 2.60. The van der Waals surface area contributed by atoms with Crippen molar-refractivity contribution >= 4 is 27.5 Å². The van der Waals surface area contributed by atoms with Crippen molar-refractivity contribution in [2.45, 2.75) is 39.8 Å². The number of rotatable bonds is 8. The lowest BCUT2D eigenvalue weighted by Gasteiger charge is -2.21. The highest BCUT2D eigenvalue weighted by atomic mass is 79.9. The Balaban J connectivity index is 2.09. The van der Waals surface area contributed by atoms with E-state index in [2.05, 4.69) is 26.6 Å². The van der Waals surface area contributed by atoms with E-state index in [1.807, 2.05) is 70.2 Å². The summed E-state index contributed by atoms with van der Waals surface area (Å²) in [5.74, 6) is 0.987. The standard InChI is InChI=1S/C21H27BrN2O3/c1-5-26-18-11-15(13-23-16-9-7-6-8-10-16)17(22)12-19(18)27-14-20(25)24-21(2,3)4/h6-12,23H,5,13-14H2,1-4H3,(H,24,25). The first-order chi connectivity index (χ1) is 12.8. The molecule has 2 rings (SSSR count). The van der Waals surface area contributed by atoms with Crippen molar-refractivity contribution in [3.63, 3.8) is 0 Å². The Morgan fingerprint density at radius 1 is 1.07 bits per heavy atom. The minimum Gasteiger partial charge on any atom is -0.490 e. The summed E-state index contributed by atoms with van der Waals surface area (Å²) in [4.78, 5) is 12.0. The average molecular weight is 435 g/mol. The number of carbonyl (C=O) groups excluding carboxylic acids is 1. The van der Waals surface area contributed by atoms with Gasteiger partial charge in [0.15, 0.2) is 18.1 Å². The van der Waals surface area contributed by atoms with Crippen molar-refractivity contribution in [3.05, 3.63) is 52.5 Å². The molecule has 2 aromatic carbocycles. The molecule has 146 valence electrons. The van der Waals surface area contributed by atoms with E-state index < -0.39 is 0 Å². The van der Waals surface area contributed by atoms with Gasteiger partial charge in [0.25, 0.3) is 5.91 Å². The van der Waals surface area contributed by atoms with Gasteiger partial charge in [-0.15, -0.1) is 0 Å². The molecule has 0 radical (unpaired) electrons. The van der Waals surface area contributed by atoms with Crippen molar-refractivity contribution < 1.29 is 14.3 Å². The molecule has 0 spiro atoms. The van der Waals surface area contributed by atoms with Crippen LogP contribution in [0.4, 0.5) is 5.69 Å². The zero-order chi connectivity index (χ0) is 19.9. The highest BCUT2D eigenvalue weighted by Gasteiger charge is 2.16. The molecule has 27 heavy (non-hydrogen) atoms. The summed E-state index contributed by atoms with van der Waals surface area (Å²) in [6.45, 7) is 8.80. The van der Waals surface area contributed by atoms with E-state index in [9.17, 15) is 4.79 Å². The summed E-state index contributed by atoms with van der Waals surface area (Å²) >= 11 is 3.59. The number of benzene rings is 2. The van der Waals surface area contributed by atoms with E-state index in [0.717, 1.165) is 15.7 Å². The number of amides is 1. The summed E-state index contributed by atoms with van der Waals surface area (Å²) in [6, 6.07) is 13.8. The zero-order valence-corrected chi connectivity index (χ0v) is 17.9. The van der Waals surface area contributed by atoms with Crippen LogP contribution in [-0.2, 0) is 11.3 Å². The molecule has 0 aliphatic carbocycles. The molecule has 1 amide bonds. The molecule has 0 aliphatic heterocycles. The van der Waals surface area contributed by atoms with Crippen LogP contribution in [0.3, 0.4) is 0 Å². The molecule has 0 fully saturated rings. The molecular formula is C21H27BrN2O3. The fourth-order valence-corrected chi connectivity index (χ4v) is 2.91. The molecule has 2 aromatic rings. The first-order valence-corrected chi connectivity index (χ1v) is 9.75. The van der Waals surface area contributed by atoms with Crippen molar-refractivity contribution in [2.75, 3.05) is 18.5 Å². The summed E-state index contributed by atoms with van der Waals surface area (Å²) in [5.41, 5.74) is 1.78. The first-order valence-electron chi connectivity index (χ1n) is 8.96. The Labute approximate surface area is 169 Å². The van der Waals surface area contributed by atoms with Gasteiger partial charge in [-0.1, -0.05) is 34.1 Å². The Hall–Kier alpha value is -2.21. The van der Waals surface area contributed by atoms with Gasteiger partial charge >= 0.3 is 0 Å². The van der Waals surface area contributed by atoms with Crippen molar-refractivity contribution in [1.82, 2.24) is 5.32 Å². The third-order valence-electron chi connectivity index (χ3n) is 3.54. The van der Waals surface area contributed by atoms with Crippen LogP contribution in [0.25, 0.3) is 0 Å². The smallest absolute Gasteiger partial charge is 0.258 e. The van der Waals surface area contributed by atoms with E-state index in [-0.39, 0.29) is 18.1 Å². The summed E-state index contributed by atoms with van der Waals surface area (Å²) in [7, 11) is 0. The largest absolute Gasteiger partial charge is 0.490 e. The normalized spacial score (nSPS) is 11.0. The summed E-state index contributed by atoms with van der Waals surface area (Å²) in [5, 5.41) is 6.25. The lowest BCUT2D eigenvalue weighted by molar-refractivity contribution is -0.124. The summed E-state index contributed by atoms with van der Waals surface area (Å²) in [6.07, 6.45) is 0. The van der Waals surface area contributed by atoms with E-state index in [1.165, 1.54) is 0 Å². The maximum absolute atomic E-state index is 12.0. The van der Waals surface area contributed by atoms with Crippen LogP contribution in [0.2, 0.25) is 0 Å². The van der Waals surface area contributed by atoms with E-state index >= 15 is 0 Å². The van der Waals surface area contributed by atoms with E-state index in [4.69, 9.17) is 9.47 Å². The second-order valence-corrected chi connectivity index (χ2v) is 7.98. The van der Waals surface area contributed by atoms with Crippen LogP contribution in [-0.4, -0.2) is 24.7 Å². The molecule has 0 aliphatic rings. The van der Waals surface area contributed by atoms with Crippen LogP contribution in [0.1, 0.15) is 33.3 Å². The predicted molar refractivity (Wildman–Crippen MR) is 112 cm³/mol. The molecule has 5 nitrogen and oxygen atoms in total. The van der Waals surface area contributed by atoms with E-state index in [0.29, 0.717) is 24.7 Å². The number of nitrogens with one attached hydrogen (secondary N) is 2. The summed E-state index contributed by atoms with van der Waals surface area (Å²) < 4.78 is 12.3. The second-order valence-electron chi connectivity index (χ2n) is 7.13. The van der Waals surface area contributed by atoms with Gasteiger partial charge in [0.05, 0.1) is 6.61 Å². The Morgan fingerprint density at radius 2 is 1.74 bits per heavy atom. The van der Waals surface area contributed by atoms with Crippen molar-refractivity contribution in [2.24, 2.45) is 0 Å².